The van der Waals surface area contributed by atoms with Crippen LogP contribution in [-0.2, 0) is 6.42 Å². The summed E-state index contributed by atoms with van der Waals surface area (Å²) < 4.78 is 0. The van der Waals surface area contributed by atoms with Gasteiger partial charge >= 0.3 is 0 Å². The molecule has 10 heavy (non-hydrogen) atoms. The number of rotatable bonds is 1. The minimum Gasteiger partial charge on any atom is -0.399 e. The standard InChI is InChI=1S/C7H9ClN2/c1-2-6-3-5(9)4-7(8)10-6/h3-4H,2H2,1H3,(H2,9,10). The molecule has 0 radical (unpaired) electrons. The van der Waals surface area contributed by atoms with Crippen LogP contribution in [0.15, 0.2) is 12.1 Å². The molecule has 54 valence electrons. The topological polar surface area (TPSA) is 38.9 Å². The van der Waals surface area contributed by atoms with E-state index in [4.69, 9.17) is 17.3 Å². The number of anilines is 1. The van der Waals surface area contributed by atoms with Gasteiger partial charge in [0.05, 0.1) is 0 Å². The highest BCUT2D eigenvalue weighted by molar-refractivity contribution is 6.29. The summed E-state index contributed by atoms with van der Waals surface area (Å²) in [4.78, 5) is 4.04. The third-order valence-electron chi connectivity index (χ3n) is 1.23. The van der Waals surface area contributed by atoms with Crippen molar-refractivity contribution in [1.29, 1.82) is 0 Å². The van der Waals surface area contributed by atoms with E-state index in [0.29, 0.717) is 10.8 Å². The fourth-order valence-electron chi connectivity index (χ4n) is 0.754. The zero-order valence-corrected chi connectivity index (χ0v) is 6.52. The average Bonchev–Trinajstić information content (AvgIpc) is 1.85. The highest BCUT2D eigenvalue weighted by Gasteiger charge is 1.94. The van der Waals surface area contributed by atoms with Gasteiger partial charge in [0.25, 0.3) is 0 Å². The molecule has 0 amide bonds. The molecule has 2 nitrogen and oxygen atoms in total. The predicted octanol–water partition coefficient (Wildman–Crippen LogP) is 1.88. The summed E-state index contributed by atoms with van der Waals surface area (Å²) in [7, 11) is 0. The largest absolute Gasteiger partial charge is 0.399 e. The van der Waals surface area contributed by atoms with Crippen LogP contribution in [0.25, 0.3) is 0 Å². The molecule has 0 bridgehead atoms. The monoisotopic (exact) mass is 156 g/mol. The molecular formula is C7H9ClN2. The third kappa shape index (κ3) is 1.61. The van der Waals surface area contributed by atoms with Crippen LogP contribution in [0.1, 0.15) is 12.6 Å². The Labute approximate surface area is 65.0 Å². The highest BCUT2D eigenvalue weighted by atomic mass is 35.5. The van der Waals surface area contributed by atoms with E-state index in [1.807, 2.05) is 13.0 Å². The molecule has 0 spiro atoms. The molecule has 0 atom stereocenters. The fourth-order valence-corrected chi connectivity index (χ4v) is 0.989. The number of hydrogen-bond donors (Lipinski definition) is 1. The molecule has 1 aromatic heterocycles. The number of hydrogen-bond acceptors (Lipinski definition) is 2. The summed E-state index contributed by atoms with van der Waals surface area (Å²) in [6.07, 6.45) is 0.866. The maximum Gasteiger partial charge on any atom is 0.131 e. The number of nitrogen functional groups attached to an aromatic ring is 1. The summed E-state index contributed by atoms with van der Waals surface area (Å²) in [5.74, 6) is 0. The number of aryl methyl sites for hydroxylation is 1. The number of halogens is 1. The van der Waals surface area contributed by atoms with Gasteiger partial charge in [-0.25, -0.2) is 4.98 Å². The lowest BCUT2D eigenvalue weighted by atomic mass is 10.3. The van der Waals surface area contributed by atoms with Crippen LogP contribution in [0.3, 0.4) is 0 Å². The van der Waals surface area contributed by atoms with Crippen molar-refractivity contribution in [2.24, 2.45) is 0 Å². The van der Waals surface area contributed by atoms with Crippen LogP contribution in [-0.4, -0.2) is 4.98 Å². The lowest BCUT2D eigenvalue weighted by molar-refractivity contribution is 1.04. The van der Waals surface area contributed by atoms with E-state index >= 15 is 0 Å². The second-order valence-electron chi connectivity index (χ2n) is 2.07. The Kier molecular flexibility index (Phi) is 2.12. The molecule has 0 aliphatic carbocycles. The molecule has 1 heterocycles. The van der Waals surface area contributed by atoms with Crippen molar-refractivity contribution in [2.45, 2.75) is 13.3 Å². The van der Waals surface area contributed by atoms with E-state index in [2.05, 4.69) is 4.98 Å². The van der Waals surface area contributed by atoms with Crippen molar-refractivity contribution in [2.75, 3.05) is 5.73 Å². The zero-order valence-electron chi connectivity index (χ0n) is 5.76. The van der Waals surface area contributed by atoms with E-state index in [0.717, 1.165) is 12.1 Å². The van der Waals surface area contributed by atoms with Crippen LogP contribution < -0.4 is 5.73 Å². The van der Waals surface area contributed by atoms with E-state index < -0.39 is 0 Å². The molecule has 1 aromatic rings. The van der Waals surface area contributed by atoms with Crippen LogP contribution in [0.4, 0.5) is 5.69 Å². The molecule has 0 aromatic carbocycles. The summed E-state index contributed by atoms with van der Waals surface area (Å²) in [6, 6.07) is 3.46. The first-order chi connectivity index (χ1) is 4.72. The minimum atomic E-state index is 0.469. The van der Waals surface area contributed by atoms with Gasteiger partial charge in [0, 0.05) is 11.4 Å². The fraction of sp³-hybridized carbons (Fsp3) is 0.286. The predicted molar refractivity (Wildman–Crippen MR) is 43.0 cm³/mol. The van der Waals surface area contributed by atoms with Crippen molar-refractivity contribution >= 4 is 17.3 Å². The summed E-state index contributed by atoms with van der Waals surface area (Å²) >= 11 is 5.64. The number of nitrogens with zero attached hydrogens (tertiary/aromatic N) is 1. The SMILES string of the molecule is CCc1cc(N)cc(Cl)n1. The first kappa shape index (κ1) is 7.35. The van der Waals surface area contributed by atoms with Crippen molar-refractivity contribution in [3.8, 4) is 0 Å². The smallest absolute Gasteiger partial charge is 0.131 e. The van der Waals surface area contributed by atoms with Crippen molar-refractivity contribution in [3.05, 3.63) is 23.0 Å². The van der Waals surface area contributed by atoms with Crippen molar-refractivity contribution in [3.63, 3.8) is 0 Å². The Morgan fingerprint density at radius 2 is 2.30 bits per heavy atom. The van der Waals surface area contributed by atoms with Gasteiger partial charge in [0.1, 0.15) is 5.15 Å². The number of pyridine rings is 1. The molecule has 0 unspecified atom stereocenters. The third-order valence-corrected chi connectivity index (χ3v) is 1.43. The van der Waals surface area contributed by atoms with Gasteiger partial charge < -0.3 is 5.73 Å². The van der Waals surface area contributed by atoms with Gasteiger partial charge in [-0.15, -0.1) is 0 Å². The molecule has 0 aliphatic rings. The Morgan fingerprint density at radius 3 is 2.80 bits per heavy atom. The Bertz CT molecular complexity index is 215. The number of aromatic nitrogens is 1. The second kappa shape index (κ2) is 2.88. The maximum atomic E-state index is 5.64. The molecular weight excluding hydrogens is 148 g/mol. The zero-order chi connectivity index (χ0) is 7.56. The van der Waals surface area contributed by atoms with Crippen LogP contribution in [0.5, 0.6) is 0 Å². The van der Waals surface area contributed by atoms with E-state index in [9.17, 15) is 0 Å². The van der Waals surface area contributed by atoms with Crippen LogP contribution >= 0.6 is 11.6 Å². The normalized spacial score (nSPS) is 9.80. The van der Waals surface area contributed by atoms with Crippen LogP contribution in [0.2, 0.25) is 5.15 Å². The maximum absolute atomic E-state index is 5.64. The van der Waals surface area contributed by atoms with Crippen molar-refractivity contribution in [1.82, 2.24) is 4.98 Å². The Balaban J connectivity index is 3.06. The van der Waals surface area contributed by atoms with Gasteiger partial charge in [0.2, 0.25) is 0 Å². The molecule has 0 fully saturated rings. The molecule has 0 saturated carbocycles. The van der Waals surface area contributed by atoms with Gasteiger partial charge in [-0.05, 0) is 18.6 Å². The van der Waals surface area contributed by atoms with E-state index in [1.54, 1.807) is 6.07 Å². The first-order valence-corrected chi connectivity index (χ1v) is 3.52. The highest BCUT2D eigenvalue weighted by Crippen LogP contribution is 2.11. The average molecular weight is 157 g/mol. The quantitative estimate of drug-likeness (QED) is 0.631. The van der Waals surface area contributed by atoms with Gasteiger partial charge in [-0.2, -0.15) is 0 Å². The van der Waals surface area contributed by atoms with Gasteiger partial charge in [0.15, 0.2) is 0 Å². The van der Waals surface area contributed by atoms with Crippen LogP contribution in [0, 0.1) is 0 Å². The molecule has 0 saturated heterocycles. The molecule has 0 aliphatic heterocycles. The van der Waals surface area contributed by atoms with Gasteiger partial charge in [-0.3, -0.25) is 0 Å². The Hall–Kier alpha value is -0.760. The van der Waals surface area contributed by atoms with E-state index in [-0.39, 0.29) is 0 Å². The lowest BCUT2D eigenvalue weighted by Gasteiger charge is -1.97. The van der Waals surface area contributed by atoms with E-state index in [1.165, 1.54) is 0 Å². The summed E-state index contributed by atoms with van der Waals surface area (Å²) in [5, 5.41) is 0.469. The first-order valence-electron chi connectivity index (χ1n) is 3.14. The van der Waals surface area contributed by atoms with Gasteiger partial charge in [-0.1, -0.05) is 18.5 Å². The summed E-state index contributed by atoms with van der Waals surface area (Å²) in [5.41, 5.74) is 7.12. The number of nitrogens with two attached hydrogens (primary N) is 1. The molecule has 3 heteroatoms. The molecule has 1 rings (SSSR count). The lowest BCUT2D eigenvalue weighted by Crippen LogP contribution is -1.91. The van der Waals surface area contributed by atoms with Crippen molar-refractivity contribution < 1.29 is 0 Å². The minimum absolute atomic E-state index is 0.469. The summed E-state index contributed by atoms with van der Waals surface area (Å²) in [6.45, 7) is 2.01. The molecule has 2 N–H and O–H groups in total. The second-order valence-corrected chi connectivity index (χ2v) is 2.46. The Morgan fingerprint density at radius 1 is 1.60 bits per heavy atom.